The lowest BCUT2D eigenvalue weighted by molar-refractivity contribution is -0.140. The quantitative estimate of drug-likeness (QED) is 0.291. The van der Waals surface area contributed by atoms with Gasteiger partial charge in [-0.2, -0.15) is 0 Å². The second-order valence-electron chi connectivity index (χ2n) is 6.89. The predicted octanol–water partition coefficient (Wildman–Crippen LogP) is 4.54. The normalized spacial score (nSPS) is 8.85. The lowest BCUT2D eigenvalue weighted by Crippen LogP contribution is -2.10. The molecule has 0 heterocycles. The van der Waals surface area contributed by atoms with Crippen LogP contribution in [0.25, 0.3) is 0 Å². The zero-order valence-electron chi connectivity index (χ0n) is 18.7. The van der Waals surface area contributed by atoms with Gasteiger partial charge in [0, 0.05) is 18.6 Å². The van der Waals surface area contributed by atoms with Crippen LogP contribution in [0.15, 0.2) is 33.4 Å². The number of carbonyl (C=O) groups is 2. The van der Waals surface area contributed by atoms with Crippen molar-refractivity contribution in [2.24, 2.45) is 0 Å². The molecule has 0 aromatic carbocycles. The molecule has 0 aliphatic rings. The Labute approximate surface area is 165 Å². The van der Waals surface area contributed by atoms with Crippen LogP contribution >= 0.6 is 0 Å². The molecule has 0 fully saturated rings. The van der Waals surface area contributed by atoms with Crippen LogP contribution in [-0.4, -0.2) is 42.3 Å². The molecule has 27 heavy (non-hydrogen) atoms. The summed E-state index contributed by atoms with van der Waals surface area (Å²) in [6, 6.07) is 0. The Morgan fingerprint density at radius 2 is 1.26 bits per heavy atom. The lowest BCUT2D eigenvalue weighted by atomic mass is 10.1. The molecule has 0 saturated carbocycles. The van der Waals surface area contributed by atoms with Gasteiger partial charge in [-0.05, 0) is 68.7 Å². The Hall–Kier alpha value is -1.72. The number of hydrogen-bond donors (Lipinski definition) is 2. The summed E-state index contributed by atoms with van der Waals surface area (Å²) < 4.78 is 4.67. The number of allylic oxidation sites excluding steroid dienone is 4. The van der Waals surface area contributed by atoms with Crippen molar-refractivity contribution >= 4 is 12.3 Å². The van der Waals surface area contributed by atoms with Crippen LogP contribution in [0.4, 0.5) is 0 Å². The summed E-state index contributed by atoms with van der Waals surface area (Å²) >= 11 is 0. The summed E-state index contributed by atoms with van der Waals surface area (Å²) in [5, 5.41) is 16.8. The van der Waals surface area contributed by atoms with Crippen LogP contribution in [-0.2, 0) is 14.3 Å². The second-order valence-corrected chi connectivity index (χ2v) is 6.89. The average Bonchev–Trinajstić information content (AvgIpc) is 2.60. The highest BCUT2D eigenvalue weighted by atomic mass is 16.5. The molecule has 0 bridgehead atoms. The van der Waals surface area contributed by atoms with E-state index in [9.17, 15) is 9.59 Å². The van der Waals surface area contributed by atoms with Gasteiger partial charge in [0.05, 0.1) is 6.61 Å². The molecule has 0 spiro atoms. The van der Waals surface area contributed by atoms with Crippen molar-refractivity contribution in [3.05, 3.63) is 33.4 Å². The first-order chi connectivity index (χ1) is 12.5. The lowest BCUT2D eigenvalue weighted by Gasteiger charge is -2.03. The maximum atomic E-state index is 11.0. The van der Waals surface area contributed by atoms with E-state index in [1.807, 2.05) is 41.5 Å². The SMILES string of the molecule is CC(C)=C(C)C(=O)OCCO.CC(C)=C(C)CC=O.CC(C)=C(C)CCO. The van der Waals surface area contributed by atoms with Crippen LogP contribution in [0.2, 0.25) is 0 Å². The first kappa shape index (κ1) is 30.0. The van der Waals surface area contributed by atoms with E-state index in [4.69, 9.17) is 10.2 Å². The van der Waals surface area contributed by atoms with Crippen molar-refractivity contribution in [2.75, 3.05) is 19.8 Å². The van der Waals surface area contributed by atoms with E-state index in [0.717, 1.165) is 18.3 Å². The minimum absolute atomic E-state index is 0.0729. The molecular formula is C22H40O5. The molecular weight excluding hydrogens is 344 g/mol. The van der Waals surface area contributed by atoms with Gasteiger partial charge in [-0.3, -0.25) is 0 Å². The highest BCUT2D eigenvalue weighted by molar-refractivity contribution is 5.88. The fourth-order valence-corrected chi connectivity index (χ4v) is 1.20. The van der Waals surface area contributed by atoms with Gasteiger partial charge in [-0.25, -0.2) is 4.79 Å². The third-order valence-electron chi connectivity index (χ3n) is 3.96. The Morgan fingerprint density at radius 1 is 0.778 bits per heavy atom. The van der Waals surface area contributed by atoms with E-state index in [1.54, 1.807) is 6.92 Å². The number of ether oxygens (including phenoxy) is 1. The number of hydrogen-bond acceptors (Lipinski definition) is 5. The summed E-state index contributed by atoms with van der Waals surface area (Å²) in [6.45, 7) is 17.8. The fraction of sp³-hybridized carbons (Fsp3) is 0.636. The van der Waals surface area contributed by atoms with E-state index < -0.39 is 0 Å². The maximum absolute atomic E-state index is 11.0. The molecule has 0 radical (unpaired) electrons. The Kier molecular flexibility index (Phi) is 21.2. The zero-order chi connectivity index (χ0) is 22.0. The predicted molar refractivity (Wildman–Crippen MR) is 113 cm³/mol. The van der Waals surface area contributed by atoms with E-state index in [0.29, 0.717) is 12.0 Å². The van der Waals surface area contributed by atoms with Crippen molar-refractivity contribution in [1.82, 2.24) is 0 Å². The Bertz CT molecular complexity index is 513. The minimum atomic E-state index is -0.348. The standard InChI is InChI=1S/C8H14O3.C7H14O.C7H12O/c1-6(2)7(3)8(10)11-5-4-9;2*1-6(2)7(3)4-5-8/h9H,4-5H2,1-3H3;8H,4-5H2,1-3H3;5H,4H2,1-3H3. The van der Waals surface area contributed by atoms with Crippen LogP contribution in [0.5, 0.6) is 0 Å². The minimum Gasteiger partial charge on any atom is -0.460 e. The summed E-state index contributed by atoms with van der Waals surface area (Å²) in [4.78, 5) is 20.8. The molecule has 5 nitrogen and oxygen atoms in total. The topological polar surface area (TPSA) is 83.8 Å². The number of aliphatic hydroxyl groups excluding tert-OH is 2. The summed E-state index contributed by atoms with van der Waals surface area (Å²) in [7, 11) is 0. The molecule has 0 saturated heterocycles. The van der Waals surface area contributed by atoms with Gasteiger partial charge < -0.3 is 19.7 Å². The van der Waals surface area contributed by atoms with Gasteiger partial charge in [0.15, 0.2) is 0 Å². The van der Waals surface area contributed by atoms with Crippen LogP contribution in [0, 0.1) is 0 Å². The molecule has 2 N–H and O–H groups in total. The van der Waals surface area contributed by atoms with E-state index in [2.05, 4.69) is 18.6 Å². The first-order valence-electron chi connectivity index (χ1n) is 9.18. The van der Waals surface area contributed by atoms with Crippen molar-refractivity contribution in [3.8, 4) is 0 Å². The summed E-state index contributed by atoms with van der Waals surface area (Å²) in [5.41, 5.74) is 6.59. The number of rotatable bonds is 7. The number of aldehydes is 1. The third kappa shape index (κ3) is 20.4. The Balaban J connectivity index is -0.000000327. The van der Waals surface area contributed by atoms with Gasteiger partial charge in [0.1, 0.15) is 12.9 Å². The number of aliphatic hydroxyl groups is 2. The molecule has 5 heteroatoms. The zero-order valence-corrected chi connectivity index (χ0v) is 18.7. The molecule has 0 aromatic rings. The van der Waals surface area contributed by atoms with E-state index in [1.165, 1.54) is 22.3 Å². The molecule has 0 rings (SSSR count). The average molecular weight is 385 g/mol. The Morgan fingerprint density at radius 3 is 1.48 bits per heavy atom. The highest BCUT2D eigenvalue weighted by Gasteiger charge is 2.05. The molecule has 158 valence electrons. The molecule has 0 aliphatic carbocycles. The largest absolute Gasteiger partial charge is 0.460 e. The van der Waals surface area contributed by atoms with Gasteiger partial charge in [0.25, 0.3) is 0 Å². The smallest absolute Gasteiger partial charge is 0.333 e. The first-order valence-corrected chi connectivity index (χ1v) is 9.18. The third-order valence-corrected chi connectivity index (χ3v) is 3.96. The van der Waals surface area contributed by atoms with Gasteiger partial charge in [-0.15, -0.1) is 0 Å². The molecule has 0 aliphatic heterocycles. The monoisotopic (exact) mass is 384 g/mol. The van der Waals surface area contributed by atoms with Gasteiger partial charge in [0.2, 0.25) is 0 Å². The highest BCUT2D eigenvalue weighted by Crippen LogP contribution is 2.05. The van der Waals surface area contributed by atoms with E-state index in [-0.39, 0.29) is 25.8 Å². The fourth-order valence-electron chi connectivity index (χ4n) is 1.20. The van der Waals surface area contributed by atoms with Crippen LogP contribution < -0.4 is 0 Å². The summed E-state index contributed by atoms with van der Waals surface area (Å²) in [6.07, 6.45) is 2.34. The van der Waals surface area contributed by atoms with Gasteiger partial charge in [-0.1, -0.05) is 27.9 Å². The molecule has 0 atom stereocenters. The van der Waals surface area contributed by atoms with Crippen molar-refractivity contribution < 1.29 is 24.5 Å². The molecule has 0 unspecified atom stereocenters. The second kappa shape index (κ2) is 19.1. The maximum Gasteiger partial charge on any atom is 0.333 e. The van der Waals surface area contributed by atoms with Crippen molar-refractivity contribution in [2.45, 2.75) is 75.2 Å². The number of carbonyl (C=O) groups excluding carboxylic acids is 2. The van der Waals surface area contributed by atoms with Crippen molar-refractivity contribution in [1.29, 1.82) is 0 Å². The van der Waals surface area contributed by atoms with Crippen LogP contribution in [0.1, 0.15) is 75.2 Å². The van der Waals surface area contributed by atoms with E-state index >= 15 is 0 Å². The van der Waals surface area contributed by atoms with Crippen LogP contribution in [0.3, 0.4) is 0 Å². The van der Waals surface area contributed by atoms with Gasteiger partial charge >= 0.3 is 5.97 Å². The molecule has 0 aromatic heterocycles. The summed E-state index contributed by atoms with van der Waals surface area (Å²) in [5.74, 6) is -0.348. The molecule has 0 amide bonds. The van der Waals surface area contributed by atoms with Crippen molar-refractivity contribution in [3.63, 3.8) is 0 Å². The number of esters is 1.